The largest absolute Gasteiger partial charge is 0.496 e. The van der Waals surface area contributed by atoms with Crippen LogP contribution in [0.15, 0.2) is 29.2 Å². The van der Waals surface area contributed by atoms with E-state index in [1.54, 1.807) is 7.11 Å². The number of methoxy groups -OCH3 is 1. The van der Waals surface area contributed by atoms with Crippen LogP contribution in [-0.2, 0) is 0 Å². The fourth-order valence-corrected chi connectivity index (χ4v) is 3.72. The number of benzene rings is 1. The van der Waals surface area contributed by atoms with Gasteiger partial charge in [0.25, 0.3) is 0 Å². The summed E-state index contributed by atoms with van der Waals surface area (Å²) in [4.78, 5) is 28.5. The Kier molecular flexibility index (Phi) is 5.31. The minimum atomic E-state index is -0.289. The molecule has 23 heavy (non-hydrogen) atoms. The maximum atomic E-state index is 12.8. The van der Waals surface area contributed by atoms with E-state index in [4.69, 9.17) is 4.74 Å². The van der Waals surface area contributed by atoms with Crippen molar-refractivity contribution in [1.82, 2.24) is 4.98 Å². The molecule has 2 aromatic rings. The van der Waals surface area contributed by atoms with Crippen molar-refractivity contribution in [2.75, 3.05) is 7.11 Å². The maximum absolute atomic E-state index is 12.8. The van der Waals surface area contributed by atoms with E-state index in [0.717, 1.165) is 21.9 Å². The number of hydrogen-bond donors (Lipinski definition) is 1. The Hall–Kier alpha value is -2.01. The summed E-state index contributed by atoms with van der Waals surface area (Å²) in [6.45, 7) is 7.01. The molecule has 1 heterocycles. The molecule has 0 saturated heterocycles. The molecular weight excluding hydrogens is 310 g/mol. The predicted molar refractivity (Wildman–Crippen MR) is 92.9 cm³/mol. The summed E-state index contributed by atoms with van der Waals surface area (Å²) in [5.74, 6) is 0.704. The fourth-order valence-electron chi connectivity index (χ4n) is 2.69. The van der Waals surface area contributed by atoms with Crippen LogP contribution in [0.2, 0.25) is 0 Å². The average Bonchev–Trinajstić information content (AvgIpc) is 2.81. The molecule has 0 aliphatic rings. The van der Waals surface area contributed by atoms with Crippen LogP contribution in [0.1, 0.15) is 46.0 Å². The minimum Gasteiger partial charge on any atom is -0.496 e. The second-order valence-corrected chi connectivity index (χ2v) is 6.84. The first-order valence-corrected chi connectivity index (χ1v) is 8.28. The van der Waals surface area contributed by atoms with Crippen molar-refractivity contribution in [1.29, 1.82) is 0 Å². The van der Waals surface area contributed by atoms with Crippen molar-refractivity contribution in [3.05, 3.63) is 46.8 Å². The number of ketones is 2. The number of thioether (sulfide) groups is 1. The van der Waals surface area contributed by atoms with Crippen molar-refractivity contribution < 1.29 is 14.3 Å². The average molecular weight is 331 g/mol. The first-order valence-electron chi connectivity index (χ1n) is 7.40. The molecule has 1 unspecified atom stereocenters. The van der Waals surface area contributed by atoms with Crippen LogP contribution >= 0.6 is 11.8 Å². The van der Waals surface area contributed by atoms with Crippen molar-refractivity contribution in [2.45, 2.75) is 37.8 Å². The van der Waals surface area contributed by atoms with Crippen LogP contribution in [0.4, 0.5) is 0 Å². The lowest BCUT2D eigenvalue weighted by molar-refractivity contribution is 0.0988. The number of aromatic nitrogens is 1. The van der Waals surface area contributed by atoms with Gasteiger partial charge in [-0.3, -0.25) is 9.59 Å². The molecule has 1 N–H and O–H groups in total. The van der Waals surface area contributed by atoms with E-state index < -0.39 is 0 Å². The van der Waals surface area contributed by atoms with Crippen LogP contribution < -0.4 is 4.74 Å². The highest BCUT2D eigenvalue weighted by Gasteiger charge is 2.24. The summed E-state index contributed by atoms with van der Waals surface area (Å²) in [5.41, 5.74) is 2.60. The van der Waals surface area contributed by atoms with Gasteiger partial charge in [-0.05, 0) is 45.4 Å². The molecule has 0 saturated carbocycles. The van der Waals surface area contributed by atoms with Crippen LogP contribution in [0.25, 0.3) is 0 Å². The molecule has 0 amide bonds. The van der Waals surface area contributed by atoms with Gasteiger partial charge in [-0.15, -0.1) is 11.8 Å². The highest BCUT2D eigenvalue weighted by atomic mass is 32.2. The van der Waals surface area contributed by atoms with Crippen LogP contribution in [-0.4, -0.2) is 28.9 Å². The zero-order chi connectivity index (χ0) is 17.1. The van der Waals surface area contributed by atoms with Crippen LogP contribution in [0.5, 0.6) is 5.75 Å². The summed E-state index contributed by atoms with van der Waals surface area (Å²) in [7, 11) is 1.61. The molecule has 4 nitrogen and oxygen atoms in total. The lowest BCUT2D eigenvalue weighted by Gasteiger charge is -2.13. The number of nitrogens with one attached hydrogen (secondary N) is 1. The molecule has 1 aromatic heterocycles. The monoisotopic (exact) mass is 331 g/mol. The Labute approximate surface area is 140 Å². The Balaban J connectivity index is 2.27. The number of aryl methyl sites for hydroxylation is 1. The quantitative estimate of drug-likeness (QED) is 0.636. The van der Waals surface area contributed by atoms with E-state index in [-0.39, 0.29) is 16.8 Å². The van der Waals surface area contributed by atoms with Crippen molar-refractivity contribution in [3.8, 4) is 5.75 Å². The van der Waals surface area contributed by atoms with E-state index in [2.05, 4.69) is 4.98 Å². The number of para-hydroxylation sites is 1. The molecule has 2 rings (SSSR count). The van der Waals surface area contributed by atoms with E-state index in [9.17, 15) is 9.59 Å². The SMILES string of the molecule is COc1ccccc1SC(C)C(=O)c1[nH]c(C)c(C(C)=O)c1C. The second-order valence-electron chi connectivity index (χ2n) is 5.46. The standard InChI is InChI=1S/C18H21NO3S/c1-10-16(12(3)20)11(2)19-17(10)18(21)13(4)23-15-9-7-6-8-14(15)22-5/h6-9,13,19H,1-5H3. The lowest BCUT2D eigenvalue weighted by Crippen LogP contribution is -2.15. The van der Waals surface area contributed by atoms with Gasteiger partial charge in [0, 0.05) is 11.3 Å². The maximum Gasteiger partial charge on any atom is 0.192 e. The smallest absolute Gasteiger partial charge is 0.192 e. The van der Waals surface area contributed by atoms with Crippen molar-refractivity contribution in [2.24, 2.45) is 0 Å². The van der Waals surface area contributed by atoms with Gasteiger partial charge in [-0.2, -0.15) is 0 Å². The van der Waals surface area contributed by atoms with Gasteiger partial charge >= 0.3 is 0 Å². The molecule has 1 aromatic carbocycles. The van der Waals surface area contributed by atoms with E-state index in [1.165, 1.54) is 18.7 Å². The number of H-pyrrole nitrogens is 1. The van der Waals surface area contributed by atoms with Gasteiger partial charge in [-0.1, -0.05) is 12.1 Å². The van der Waals surface area contributed by atoms with Gasteiger partial charge in [-0.25, -0.2) is 0 Å². The first kappa shape index (κ1) is 17.3. The molecule has 1 atom stereocenters. The molecule has 122 valence electrons. The molecule has 0 aliphatic carbocycles. The number of carbonyl (C=O) groups excluding carboxylic acids is 2. The van der Waals surface area contributed by atoms with Gasteiger partial charge in [0.1, 0.15) is 5.75 Å². The van der Waals surface area contributed by atoms with E-state index in [1.807, 2.05) is 45.0 Å². The van der Waals surface area contributed by atoms with Gasteiger partial charge in [0.05, 0.1) is 22.9 Å². The summed E-state index contributed by atoms with van der Waals surface area (Å²) >= 11 is 1.45. The number of rotatable bonds is 6. The zero-order valence-electron chi connectivity index (χ0n) is 14.0. The van der Waals surface area contributed by atoms with E-state index >= 15 is 0 Å². The van der Waals surface area contributed by atoms with Crippen LogP contribution in [0, 0.1) is 13.8 Å². The third kappa shape index (κ3) is 3.50. The Morgan fingerprint density at radius 1 is 1.22 bits per heavy atom. The van der Waals surface area contributed by atoms with Gasteiger partial charge in [0.15, 0.2) is 11.6 Å². The fraction of sp³-hybridized carbons (Fsp3) is 0.333. The Morgan fingerprint density at radius 2 is 1.87 bits per heavy atom. The predicted octanol–water partition coefficient (Wildman–Crippen LogP) is 4.21. The number of Topliss-reactive ketones (excluding diaryl/α,β-unsaturated/α-hetero) is 2. The summed E-state index contributed by atoms with van der Waals surface area (Å²) < 4.78 is 5.33. The molecule has 0 radical (unpaired) electrons. The molecule has 0 spiro atoms. The second kappa shape index (κ2) is 7.04. The zero-order valence-corrected chi connectivity index (χ0v) is 14.8. The third-order valence-corrected chi connectivity index (χ3v) is 4.94. The summed E-state index contributed by atoms with van der Waals surface area (Å²) in [6, 6.07) is 7.62. The number of hydrogen-bond acceptors (Lipinski definition) is 4. The summed E-state index contributed by atoms with van der Waals surface area (Å²) in [5, 5.41) is -0.289. The van der Waals surface area contributed by atoms with E-state index in [0.29, 0.717) is 11.3 Å². The third-order valence-electron chi connectivity index (χ3n) is 3.78. The minimum absolute atomic E-state index is 0.0194. The number of aromatic amines is 1. The lowest BCUT2D eigenvalue weighted by atomic mass is 10.0. The number of ether oxygens (including phenoxy) is 1. The molecule has 0 fully saturated rings. The Bertz CT molecular complexity index is 749. The summed E-state index contributed by atoms with van der Waals surface area (Å²) in [6.07, 6.45) is 0. The van der Waals surface area contributed by atoms with Crippen LogP contribution in [0.3, 0.4) is 0 Å². The highest BCUT2D eigenvalue weighted by Crippen LogP contribution is 2.33. The first-order chi connectivity index (χ1) is 10.9. The van der Waals surface area contributed by atoms with Crippen molar-refractivity contribution >= 4 is 23.3 Å². The topological polar surface area (TPSA) is 59.2 Å². The Morgan fingerprint density at radius 3 is 2.43 bits per heavy atom. The van der Waals surface area contributed by atoms with Gasteiger partial charge < -0.3 is 9.72 Å². The van der Waals surface area contributed by atoms with Gasteiger partial charge in [0.2, 0.25) is 0 Å². The molecule has 0 aliphatic heterocycles. The number of carbonyl (C=O) groups is 2. The molecule has 0 bridgehead atoms. The normalized spacial score (nSPS) is 12.0. The highest BCUT2D eigenvalue weighted by molar-refractivity contribution is 8.00. The molecule has 5 heteroatoms. The molecular formula is C18H21NO3S. The van der Waals surface area contributed by atoms with Crippen molar-refractivity contribution in [3.63, 3.8) is 0 Å².